The number of hydrogen-bond donors (Lipinski definition) is 1. The van der Waals surface area contributed by atoms with Gasteiger partial charge in [0.25, 0.3) is 0 Å². The molecule has 1 fully saturated rings. The summed E-state index contributed by atoms with van der Waals surface area (Å²) in [6.07, 6.45) is 3.71. The minimum atomic E-state index is 0.133. The Morgan fingerprint density at radius 2 is 1.53 bits per heavy atom. The van der Waals surface area contributed by atoms with Crippen molar-refractivity contribution in [1.29, 1.82) is 0 Å². The number of hydrogen-bond acceptors (Lipinski definition) is 4. The van der Waals surface area contributed by atoms with Crippen LogP contribution in [0.2, 0.25) is 0 Å². The molecule has 0 radical (unpaired) electrons. The quantitative estimate of drug-likeness (QED) is 0.731. The summed E-state index contributed by atoms with van der Waals surface area (Å²) in [5.74, 6) is 1.50. The molecular weight excluding hydrogens is 240 g/mol. The monoisotopic (exact) mass is 272 g/mol. The maximum atomic E-state index is 6.18. The average molecular weight is 272 g/mol. The molecule has 4 nitrogen and oxygen atoms in total. The summed E-state index contributed by atoms with van der Waals surface area (Å²) < 4.78 is 10.5. The lowest BCUT2D eigenvalue weighted by atomic mass is 9.70. The van der Waals surface area contributed by atoms with Gasteiger partial charge >= 0.3 is 0 Å². The van der Waals surface area contributed by atoms with Crippen molar-refractivity contribution in [2.24, 2.45) is 17.6 Å². The zero-order chi connectivity index (χ0) is 14.3. The molecule has 0 aromatic heterocycles. The van der Waals surface area contributed by atoms with Gasteiger partial charge in [-0.1, -0.05) is 13.8 Å². The third-order valence-electron chi connectivity index (χ3n) is 4.44. The molecule has 4 heteroatoms. The van der Waals surface area contributed by atoms with E-state index in [9.17, 15) is 0 Å². The lowest BCUT2D eigenvalue weighted by Crippen LogP contribution is -2.59. The molecule has 2 atom stereocenters. The highest BCUT2D eigenvalue weighted by molar-refractivity contribution is 4.97. The second-order valence-corrected chi connectivity index (χ2v) is 6.26. The molecule has 1 rings (SSSR count). The van der Waals surface area contributed by atoms with Gasteiger partial charge in [0.1, 0.15) is 0 Å². The number of nitrogens with zero attached hydrogens (tertiary/aromatic N) is 1. The van der Waals surface area contributed by atoms with Crippen molar-refractivity contribution in [3.05, 3.63) is 0 Å². The van der Waals surface area contributed by atoms with Crippen molar-refractivity contribution >= 4 is 0 Å². The zero-order valence-electron chi connectivity index (χ0n) is 13.2. The summed E-state index contributed by atoms with van der Waals surface area (Å²) in [5.41, 5.74) is 6.32. The van der Waals surface area contributed by atoms with Crippen LogP contribution in [-0.2, 0) is 9.47 Å². The van der Waals surface area contributed by atoms with Crippen molar-refractivity contribution in [1.82, 2.24) is 4.90 Å². The third-order valence-corrected chi connectivity index (χ3v) is 4.44. The van der Waals surface area contributed by atoms with E-state index >= 15 is 0 Å². The fourth-order valence-electron chi connectivity index (χ4n) is 3.78. The SMILES string of the molecule is COCCN(CCOC)C1(CN)CC(C)CC(C)C1. The Hall–Kier alpha value is -0.160. The van der Waals surface area contributed by atoms with E-state index in [2.05, 4.69) is 18.7 Å². The van der Waals surface area contributed by atoms with E-state index in [1.54, 1.807) is 14.2 Å². The van der Waals surface area contributed by atoms with Gasteiger partial charge in [0.05, 0.1) is 13.2 Å². The highest BCUT2D eigenvalue weighted by Gasteiger charge is 2.41. The van der Waals surface area contributed by atoms with Crippen LogP contribution in [0.5, 0.6) is 0 Å². The van der Waals surface area contributed by atoms with Crippen LogP contribution in [0.15, 0.2) is 0 Å². The first-order valence-electron chi connectivity index (χ1n) is 7.51. The number of methoxy groups -OCH3 is 2. The van der Waals surface area contributed by atoms with Crippen molar-refractivity contribution in [3.63, 3.8) is 0 Å². The zero-order valence-corrected chi connectivity index (χ0v) is 13.2. The fourth-order valence-corrected chi connectivity index (χ4v) is 3.78. The number of ether oxygens (including phenoxy) is 2. The largest absolute Gasteiger partial charge is 0.383 e. The molecule has 2 N–H and O–H groups in total. The average Bonchev–Trinajstić information content (AvgIpc) is 2.37. The summed E-state index contributed by atoms with van der Waals surface area (Å²) in [5, 5.41) is 0. The molecule has 0 aromatic rings. The molecule has 0 heterocycles. The van der Waals surface area contributed by atoms with E-state index in [1.807, 2.05) is 0 Å². The van der Waals surface area contributed by atoms with Gasteiger partial charge in [0.2, 0.25) is 0 Å². The Kier molecular flexibility index (Phi) is 7.29. The summed E-state index contributed by atoms with van der Waals surface area (Å²) in [7, 11) is 3.52. The second-order valence-electron chi connectivity index (χ2n) is 6.26. The molecule has 0 aliphatic heterocycles. The van der Waals surface area contributed by atoms with Gasteiger partial charge in [-0.15, -0.1) is 0 Å². The minimum Gasteiger partial charge on any atom is -0.383 e. The van der Waals surface area contributed by atoms with Gasteiger partial charge in [-0.3, -0.25) is 4.90 Å². The first-order chi connectivity index (χ1) is 9.07. The van der Waals surface area contributed by atoms with Crippen LogP contribution in [0.1, 0.15) is 33.1 Å². The number of rotatable bonds is 8. The molecule has 0 amide bonds. The lowest BCUT2D eigenvalue weighted by molar-refractivity contribution is -0.00933. The van der Waals surface area contributed by atoms with Crippen LogP contribution in [0.3, 0.4) is 0 Å². The molecule has 1 saturated carbocycles. The summed E-state index contributed by atoms with van der Waals surface area (Å²) in [4.78, 5) is 2.51. The Morgan fingerprint density at radius 1 is 1.05 bits per heavy atom. The first-order valence-corrected chi connectivity index (χ1v) is 7.51. The molecule has 0 spiro atoms. The van der Waals surface area contributed by atoms with Crippen LogP contribution in [0.4, 0.5) is 0 Å². The molecule has 0 saturated heterocycles. The predicted octanol–water partition coefficient (Wildman–Crippen LogP) is 1.73. The molecule has 1 aliphatic carbocycles. The van der Waals surface area contributed by atoms with E-state index in [1.165, 1.54) is 19.3 Å². The summed E-state index contributed by atoms with van der Waals surface area (Å²) in [6.45, 7) is 8.83. The van der Waals surface area contributed by atoms with Crippen LogP contribution in [0.25, 0.3) is 0 Å². The molecular formula is C15H32N2O2. The Balaban J connectivity index is 2.78. The van der Waals surface area contributed by atoms with Gasteiger partial charge in [-0.05, 0) is 31.1 Å². The van der Waals surface area contributed by atoms with Gasteiger partial charge in [0, 0.05) is 39.4 Å². The van der Waals surface area contributed by atoms with Crippen LogP contribution >= 0.6 is 0 Å². The molecule has 0 aromatic carbocycles. The third kappa shape index (κ3) is 4.71. The molecule has 1 aliphatic rings. The summed E-state index contributed by atoms with van der Waals surface area (Å²) in [6, 6.07) is 0. The van der Waals surface area contributed by atoms with Crippen molar-refractivity contribution in [2.45, 2.75) is 38.6 Å². The van der Waals surface area contributed by atoms with E-state index in [-0.39, 0.29) is 5.54 Å². The number of nitrogens with two attached hydrogens (primary N) is 1. The molecule has 19 heavy (non-hydrogen) atoms. The van der Waals surface area contributed by atoms with Gasteiger partial charge in [-0.25, -0.2) is 0 Å². The van der Waals surface area contributed by atoms with E-state index in [0.717, 1.165) is 44.7 Å². The summed E-state index contributed by atoms with van der Waals surface area (Å²) >= 11 is 0. The van der Waals surface area contributed by atoms with Crippen LogP contribution in [0, 0.1) is 11.8 Å². The van der Waals surface area contributed by atoms with Crippen molar-refractivity contribution in [2.75, 3.05) is 47.1 Å². The standard InChI is InChI=1S/C15H32N2O2/c1-13-9-14(2)11-15(10-13,12-16)17(5-7-18-3)6-8-19-4/h13-14H,5-12,16H2,1-4H3. The molecule has 0 bridgehead atoms. The maximum Gasteiger partial charge on any atom is 0.0589 e. The minimum absolute atomic E-state index is 0.133. The molecule has 2 unspecified atom stereocenters. The predicted molar refractivity (Wildman–Crippen MR) is 79.3 cm³/mol. The smallest absolute Gasteiger partial charge is 0.0589 e. The fraction of sp³-hybridized carbons (Fsp3) is 1.00. The van der Waals surface area contributed by atoms with Gasteiger partial charge < -0.3 is 15.2 Å². The van der Waals surface area contributed by atoms with Gasteiger partial charge in [0.15, 0.2) is 0 Å². The maximum absolute atomic E-state index is 6.18. The van der Waals surface area contributed by atoms with Crippen molar-refractivity contribution in [3.8, 4) is 0 Å². The lowest BCUT2D eigenvalue weighted by Gasteiger charge is -2.49. The Morgan fingerprint density at radius 3 is 1.89 bits per heavy atom. The van der Waals surface area contributed by atoms with E-state index in [4.69, 9.17) is 15.2 Å². The van der Waals surface area contributed by atoms with Gasteiger partial charge in [-0.2, -0.15) is 0 Å². The second kappa shape index (κ2) is 8.20. The first kappa shape index (κ1) is 16.9. The normalized spacial score (nSPS) is 31.9. The topological polar surface area (TPSA) is 47.7 Å². The van der Waals surface area contributed by atoms with E-state index in [0.29, 0.717) is 0 Å². The Labute approximate surface area is 118 Å². The van der Waals surface area contributed by atoms with Crippen LogP contribution in [-0.4, -0.2) is 57.5 Å². The Bertz CT molecular complexity index is 230. The molecule has 114 valence electrons. The van der Waals surface area contributed by atoms with Crippen LogP contribution < -0.4 is 5.73 Å². The van der Waals surface area contributed by atoms with E-state index < -0.39 is 0 Å². The van der Waals surface area contributed by atoms with Crippen molar-refractivity contribution < 1.29 is 9.47 Å². The highest BCUT2D eigenvalue weighted by atomic mass is 16.5. The highest BCUT2D eigenvalue weighted by Crippen LogP contribution is 2.39.